The molecule has 2 aromatic rings. The Labute approximate surface area is 132 Å². The molecule has 0 fully saturated rings. The molecule has 0 atom stereocenters. The van der Waals surface area contributed by atoms with Crippen molar-refractivity contribution in [2.75, 3.05) is 16.3 Å². The van der Waals surface area contributed by atoms with E-state index in [4.69, 9.17) is 11.6 Å². The molecule has 0 aliphatic carbocycles. The first-order chi connectivity index (χ1) is 10.3. The molecule has 2 aromatic carbocycles. The third-order valence-corrected chi connectivity index (χ3v) is 3.56. The lowest BCUT2D eigenvalue weighted by molar-refractivity contribution is 0.102. The van der Waals surface area contributed by atoms with Crippen LogP contribution in [0.2, 0.25) is 5.02 Å². The molecule has 116 valence electrons. The molecule has 0 aliphatic rings. The van der Waals surface area contributed by atoms with Crippen molar-refractivity contribution < 1.29 is 17.6 Å². The number of hydrogen-bond donors (Lipinski definition) is 2. The number of rotatable bonds is 4. The maximum atomic E-state index is 13.4. The average molecular weight is 343 g/mol. The van der Waals surface area contributed by atoms with Crippen molar-refractivity contribution in [2.45, 2.75) is 0 Å². The number of carbonyl (C=O) groups excluding carboxylic acids is 1. The fourth-order valence-electron chi connectivity index (χ4n) is 1.74. The molecule has 0 aliphatic heterocycles. The molecule has 0 bridgehead atoms. The van der Waals surface area contributed by atoms with Crippen molar-refractivity contribution >= 4 is 38.9 Å². The molecule has 0 heterocycles. The van der Waals surface area contributed by atoms with Gasteiger partial charge >= 0.3 is 0 Å². The van der Waals surface area contributed by atoms with Gasteiger partial charge in [-0.25, -0.2) is 12.8 Å². The van der Waals surface area contributed by atoms with Crippen LogP contribution >= 0.6 is 11.6 Å². The second-order valence-electron chi connectivity index (χ2n) is 4.50. The van der Waals surface area contributed by atoms with Gasteiger partial charge in [-0.2, -0.15) is 0 Å². The van der Waals surface area contributed by atoms with E-state index in [0.29, 0.717) is 0 Å². The summed E-state index contributed by atoms with van der Waals surface area (Å²) in [6, 6.07) is 9.65. The van der Waals surface area contributed by atoms with Gasteiger partial charge in [-0.15, -0.1) is 0 Å². The van der Waals surface area contributed by atoms with Gasteiger partial charge in [0.1, 0.15) is 5.82 Å². The first-order valence-corrected chi connectivity index (χ1v) is 8.36. The monoisotopic (exact) mass is 342 g/mol. The lowest BCUT2D eigenvalue weighted by Crippen LogP contribution is -2.16. The molecule has 0 unspecified atom stereocenters. The number of hydrogen-bond acceptors (Lipinski definition) is 3. The maximum absolute atomic E-state index is 13.4. The lowest BCUT2D eigenvalue weighted by Gasteiger charge is -2.12. The highest BCUT2D eigenvalue weighted by molar-refractivity contribution is 7.92. The molecule has 2 rings (SSSR count). The van der Waals surface area contributed by atoms with E-state index in [1.165, 1.54) is 18.2 Å². The summed E-state index contributed by atoms with van der Waals surface area (Å²) in [5.41, 5.74) is 0.249. The third kappa shape index (κ3) is 4.19. The Morgan fingerprint density at radius 1 is 1.14 bits per heavy atom. The number of sulfonamides is 1. The molecular weight excluding hydrogens is 331 g/mol. The second kappa shape index (κ2) is 6.33. The Morgan fingerprint density at radius 2 is 1.82 bits per heavy atom. The Hall–Kier alpha value is -2.12. The van der Waals surface area contributed by atoms with Gasteiger partial charge in [0, 0.05) is 0 Å². The van der Waals surface area contributed by atoms with E-state index in [1.807, 2.05) is 0 Å². The molecule has 0 radical (unpaired) electrons. The molecule has 0 saturated heterocycles. The summed E-state index contributed by atoms with van der Waals surface area (Å²) in [4.78, 5) is 12.2. The summed E-state index contributed by atoms with van der Waals surface area (Å²) < 4.78 is 38.2. The van der Waals surface area contributed by atoms with Crippen molar-refractivity contribution in [3.05, 3.63) is 58.9 Å². The zero-order chi connectivity index (χ0) is 16.3. The topological polar surface area (TPSA) is 75.3 Å². The normalized spacial score (nSPS) is 11.0. The zero-order valence-corrected chi connectivity index (χ0v) is 13.0. The van der Waals surface area contributed by atoms with Gasteiger partial charge in [0.15, 0.2) is 0 Å². The van der Waals surface area contributed by atoms with Crippen molar-refractivity contribution in [1.29, 1.82) is 0 Å². The van der Waals surface area contributed by atoms with Crippen LogP contribution < -0.4 is 10.0 Å². The predicted molar refractivity (Wildman–Crippen MR) is 84.3 cm³/mol. The van der Waals surface area contributed by atoms with Crippen LogP contribution in [0.1, 0.15) is 10.4 Å². The molecule has 5 nitrogen and oxygen atoms in total. The Balaban J connectivity index is 2.34. The number of benzene rings is 2. The van der Waals surface area contributed by atoms with Crippen molar-refractivity contribution in [2.24, 2.45) is 0 Å². The number of carbonyl (C=O) groups is 1. The van der Waals surface area contributed by atoms with Gasteiger partial charge in [-0.3, -0.25) is 9.52 Å². The summed E-state index contributed by atoms with van der Waals surface area (Å²) in [5.74, 6) is -1.19. The van der Waals surface area contributed by atoms with Gasteiger partial charge in [-0.1, -0.05) is 23.7 Å². The smallest absolute Gasteiger partial charge is 0.257 e. The molecule has 0 aromatic heterocycles. The highest BCUT2D eigenvalue weighted by Crippen LogP contribution is 2.25. The van der Waals surface area contributed by atoms with E-state index in [-0.39, 0.29) is 22.0 Å². The van der Waals surface area contributed by atoms with Crippen LogP contribution in [0, 0.1) is 5.82 Å². The first-order valence-electron chi connectivity index (χ1n) is 6.09. The summed E-state index contributed by atoms with van der Waals surface area (Å²) in [6.07, 6.45) is 0.954. The minimum atomic E-state index is -3.57. The van der Waals surface area contributed by atoms with Gasteiger partial charge in [0.2, 0.25) is 10.0 Å². The van der Waals surface area contributed by atoms with Crippen LogP contribution in [0.25, 0.3) is 0 Å². The summed E-state index contributed by atoms with van der Waals surface area (Å²) in [7, 11) is -3.57. The van der Waals surface area contributed by atoms with Gasteiger partial charge in [0.25, 0.3) is 5.91 Å². The standard InChI is InChI=1S/C14H12ClFN2O3S/c1-22(20,21)18-12-7-6-9(16)8-13(12)17-14(19)10-4-2-3-5-11(10)15/h2-8,18H,1H3,(H,17,19). The molecule has 0 spiro atoms. The lowest BCUT2D eigenvalue weighted by atomic mass is 10.2. The summed E-state index contributed by atoms with van der Waals surface area (Å²) >= 11 is 5.92. The summed E-state index contributed by atoms with van der Waals surface area (Å²) in [6.45, 7) is 0. The summed E-state index contributed by atoms with van der Waals surface area (Å²) in [5, 5.41) is 2.67. The molecule has 2 N–H and O–H groups in total. The van der Waals surface area contributed by atoms with E-state index >= 15 is 0 Å². The quantitative estimate of drug-likeness (QED) is 0.896. The molecular formula is C14H12ClFN2O3S. The molecule has 0 saturated carbocycles. The van der Waals surface area contributed by atoms with Crippen molar-refractivity contribution in [1.82, 2.24) is 0 Å². The van der Waals surface area contributed by atoms with E-state index in [9.17, 15) is 17.6 Å². The van der Waals surface area contributed by atoms with Crippen LogP contribution in [0.4, 0.5) is 15.8 Å². The highest BCUT2D eigenvalue weighted by atomic mass is 35.5. The van der Waals surface area contributed by atoms with Gasteiger partial charge in [-0.05, 0) is 30.3 Å². The number of halogens is 2. The average Bonchev–Trinajstić information content (AvgIpc) is 2.41. The maximum Gasteiger partial charge on any atom is 0.257 e. The zero-order valence-electron chi connectivity index (χ0n) is 11.4. The van der Waals surface area contributed by atoms with E-state index in [0.717, 1.165) is 18.4 Å². The van der Waals surface area contributed by atoms with Crippen molar-refractivity contribution in [3.8, 4) is 0 Å². The van der Waals surface area contributed by atoms with E-state index in [1.54, 1.807) is 12.1 Å². The minimum Gasteiger partial charge on any atom is -0.320 e. The molecule has 8 heteroatoms. The Morgan fingerprint density at radius 3 is 2.45 bits per heavy atom. The van der Waals surface area contributed by atoms with Gasteiger partial charge < -0.3 is 5.32 Å². The van der Waals surface area contributed by atoms with Crippen LogP contribution in [0.3, 0.4) is 0 Å². The van der Waals surface area contributed by atoms with E-state index in [2.05, 4.69) is 10.0 Å². The van der Waals surface area contributed by atoms with E-state index < -0.39 is 21.7 Å². The van der Waals surface area contributed by atoms with Crippen LogP contribution in [-0.4, -0.2) is 20.6 Å². The van der Waals surface area contributed by atoms with Crippen molar-refractivity contribution in [3.63, 3.8) is 0 Å². The number of amides is 1. The fourth-order valence-corrected chi connectivity index (χ4v) is 2.54. The first kappa shape index (κ1) is 16.3. The number of anilines is 2. The van der Waals surface area contributed by atoms with Crippen LogP contribution in [-0.2, 0) is 10.0 Å². The SMILES string of the molecule is CS(=O)(=O)Nc1ccc(F)cc1NC(=O)c1ccccc1Cl. The van der Waals surface area contributed by atoms with Crippen LogP contribution in [0.5, 0.6) is 0 Å². The fraction of sp³-hybridized carbons (Fsp3) is 0.0714. The molecule has 22 heavy (non-hydrogen) atoms. The largest absolute Gasteiger partial charge is 0.320 e. The van der Waals surface area contributed by atoms with Gasteiger partial charge in [0.05, 0.1) is 28.2 Å². The predicted octanol–water partition coefficient (Wildman–Crippen LogP) is 3.10. The van der Waals surface area contributed by atoms with Crippen LogP contribution in [0.15, 0.2) is 42.5 Å². The number of nitrogens with one attached hydrogen (secondary N) is 2. The highest BCUT2D eigenvalue weighted by Gasteiger charge is 2.14. The minimum absolute atomic E-state index is 0.00431. The third-order valence-electron chi connectivity index (χ3n) is 2.64. The molecule has 1 amide bonds. The Bertz CT molecular complexity index is 825. The second-order valence-corrected chi connectivity index (χ2v) is 6.65. The Kier molecular flexibility index (Phi) is 4.68.